The summed E-state index contributed by atoms with van der Waals surface area (Å²) in [6.07, 6.45) is 1.63. The zero-order valence-electron chi connectivity index (χ0n) is 17.9. The van der Waals surface area contributed by atoms with E-state index in [1.807, 2.05) is 32.9 Å². The molecule has 3 rings (SSSR count). The lowest BCUT2D eigenvalue weighted by atomic mass is 9.95. The van der Waals surface area contributed by atoms with Crippen LogP contribution in [0.2, 0.25) is 0 Å². The van der Waals surface area contributed by atoms with E-state index in [2.05, 4.69) is 5.32 Å². The summed E-state index contributed by atoms with van der Waals surface area (Å²) in [7, 11) is 0. The number of amides is 2. The summed E-state index contributed by atoms with van der Waals surface area (Å²) in [5.41, 5.74) is -0.198. The monoisotopic (exact) mass is 417 g/mol. The fraction of sp³-hybridized carbons (Fsp3) is 0.591. The van der Waals surface area contributed by atoms with Gasteiger partial charge in [-0.05, 0) is 31.4 Å². The topological polar surface area (TPSA) is 99.2 Å². The van der Waals surface area contributed by atoms with Crippen LogP contribution < -0.4 is 10.1 Å². The molecule has 1 spiro atoms. The van der Waals surface area contributed by atoms with Gasteiger partial charge in [0.1, 0.15) is 12.3 Å². The van der Waals surface area contributed by atoms with E-state index in [-0.39, 0.29) is 24.4 Å². The van der Waals surface area contributed by atoms with Gasteiger partial charge in [0, 0.05) is 25.9 Å². The van der Waals surface area contributed by atoms with E-state index in [1.54, 1.807) is 17.0 Å². The van der Waals surface area contributed by atoms with Crippen LogP contribution in [0, 0.1) is 5.92 Å². The van der Waals surface area contributed by atoms with Crippen molar-refractivity contribution < 1.29 is 24.2 Å². The number of nitrogens with one attached hydrogen (secondary N) is 1. The number of para-hydroxylation sites is 1. The summed E-state index contributed by atoms with van der Waals surface area (Å²) in [5, 5.41) is 12.8. The van der Waals surface area contributed by atoms with E-state index < -0.39 is 11.6 Å². The first kappa shape index (κ1) is 22.1. The summed E-state index contributed by atoms with van der Waals surface area (Å²) in [4.78, 5) is 40.6. The van der Waals surface area contributed by atoms with Gasteiger partial charge in [0.2, 0.25) is 5.91 Å². The molecular weight excluding hydrogens is 386 g/mol. The van der Waals surface area contributed by atoms with Gasteiger partial charge in [-0.15, -0.1) is 0 Å². The minimum Gasteiger partial charge on any atom is -0.493 e. The number of carboxylic acids is 1. The van der Waals surface area contributed by atoms with Gasteiger partial charge in [-0.1, -0.05) is 26.0 Å². The third-order valence-corrected chi connectivity index (χ3v) is 5.82. The van der Waals surface area contributed by atoms with Crippen LogP contribution in [0.25, 0.3) is 0 Å². The number of likely N-dealkylation sites (tertiary alicyclic amines) is 1. The van der Waals surface area contributed by atoms with Crippen molar-refractivity contribution in [2.45, 2.75) is 51.7 Å². The van der Waals surface area contributed by atoms with E-state index in [0.29, 0.717) is 56.2 Å². The van der Waals surface area contributed by atoms with E-state index >= 15 is 0 Å². The molecule has 2 N–H and O–H groups in total. The first-order valence-corrected chi connectivity index (χ1v) is 10.6. The number of nitrogens with zero attached hydrogens (tertiary/aromatic N) is 2. The molecule has 1 unspecified atom stereocenters. The third-order valence-electron chi connectivity index (χ3n) is 5.82. The maximum absolute atomic E-state index is 13.1. The number of carbonyl (C=O) groups excluding carboxylic acids is 2. The van der Waals surface area contributed by atoms with Crippen molar-refractivity contribution >= 4 is 17.8 Å². The van der Waals surface area contributed by atoms with Crippen LogP contribution in [0.1, 0.15) is 50.4 Å². The Morgan fingerprint density at radius 2 is 1.93 bits per heavy atom. The minimum absolute atomic E-state index is 0.110. The molecule has 164 valence electrons. The Bertz CT molecular complexity index is 802. The predicted octanol–water partition coefficient (Wildman–Crippen LogP) is 1.95. The van der Waals surface area contributed by atoms with Gasteiger partial charge in [0.15, 0.2) is 0 Å². The molecule has 0 aromatic heterocycles. The maximum atomic E-state index is 13.1. The zero-order chi connectivity index (χ0) is 21.9. The van der Waals surface area contributed by atoms with Crippen LogP contribution in [-0.4, -0.2) is 70.6 Å². The molecule has 8 heteroatoms. The number of ether oxygens (including phenoxy) is 1. The molecule has 0 radical (unpaired) electrons. The van der Waals surface area contributed by atoms with Crippen LogP contribution in [-0.2, 0) is 9.59 Å². The number of carboxylic acid groups (broad SMARTS) is 1. The van der Waals surface area contributed by atoms with Gasteiger partial charge >= 0.3 is 5.97 Å². The van der Waals surface area contributed by atoms with Crippen molar-refractivity contribution in [1.29, 1.82) is 0 Å². The van der Waals surface area contributed by atoms with Crippen molar-refractivity contribution in [1.82, 2.24) is 15.1 Å². The Hall–Kier alpha value is -2.61. The molecular formula is C22H31N3O5. The first-order valence-electron chi connectivity index (χ1n) is 10.6. The molecule has 1 aromatic carbocycles. The van der Waals surface area contributed by atoms with Gasteiger partial charge in [0.25, 0.3) is 5.91 Å². The van der Waals surface area contributed by atoms with Crippen molar-refractivity contribution in [3.05, 3.63) is 29.8 Å². The molecule has 8 nitrogen and oxygen atoms in total. The summed E-state index contributed by atoms with van der Waals surface area (Å²) in [5.74, 6) is -0.429. The highest BCUT2D eigenvalue weighted by atomic mass is 16.5. The average molecular weight is 418 g/mol. The molecule has 2 heterocycles. The van der Waals surface area contributed by atoms with Gasteiger partial charge in [-0.2, -0.15) is 0 Å². The van der Waals surface area contributed by atoms with Crippen LogP contribution in [0.3, 0.4) is 0 Å². The van der Waals surface area contributed by atoms with Crippen LogP contribution >= 0.6 is 0 Å². The maximum Gasteiger partial charge on any atom is 0.323 e. The smallest absolute Gasteiger partial charge is 0.323 e. The number of carbonyl (C=O) groups is 3. The Kier molecular flexibility index (Phi) is 6.65. The van der Waals surface area contributed by atoms with Gasteiger partial charge in [0.05, 0.1) is 23.9 Å². The van der Waals surface area contributed by atoms with Crippen LogP contribution in [0.5, 0.6) is 5.75 Å². The summed E-state index contributed by atoms with van der Waals surface area (Å²) in [6, 6.07) is 6.79. The lowest BCUT2D eigenvalue weighted by Crippen LogP contribution is -2.60. The van der Waals surface area contributed by atoms with Gasteiger partial charge in [-0.25, -0.2) is 0 Å². The van der Waals surface area contributed by atoms with Gasteiger partial charge in [-0.3, -0.25) is 19.7 Å². The molecule has 0 saturated carbocycles. The number of hydrogen-bond donors (Lipinski definition) is 2. The van der Waals surface area contributed by atoms with Crippen LogP contribution in [0.4, 0.5) is 0 Å². The molecule has 2 amide bonds. The summed E-state index contributed by atoms with van der Waals surface area (Å²) in [6.45, 7) is 6.97. The molecule has 0 bridgehead atoms. The first-order chi connectivity index (χ1) is 14.3. The van der Waals surface area contributed by atoms with Crippen LogP contribution in [0.15, 0.2) is 24.3 Å². The van der Waals surface area contributed by atoms with Crippen molar-refractivity contribution in [2.75, 3.05) is 26.2 Å². The SMILES string of the molecule is CCOc1ccccc1C(=O)N1CCC2(CC1)NC(CC(C)C)C(=O)N2CC(=O)O. The Morgan fingerprint density at radius 1 is 1.27 bits per heavy atom. The van der Waals surface area contributed by atoms with Crippen molar-refractivity contribution in [3.8, 4) is 5.75 Å². The highest BCUT2D eigenvalue weighted by molar-refractivity contribution is 5.97. The summed E-state index contributed by atoms with van der Waals surface area (Å²) >= 11 is 0. The van der Waals surface area contributed by atoms with E-state index in [1.165, 1.54) is 4.90 Å². The largest absolute Gasteiger partial charge is 0.493 e. The minimum atomic E-state index is -1.03. The second-order valence-electron chi connectivity index (χ2n) is 8.40. The second-order valence-corrected chi connectivity index (χ2v) is 8.40. The number of hydrogen-bond acceptors (Lipinski definition) is 5. The Labute approximate surface area is 177 Å². The van der Waals surface area contributed by atoms with E-state index in [0.717, 1.165) is 0 Å². The average Bonchev–Trinajstić information content (AvgIpc) is 2.93. The Morgan fingerprint density at radius 3 is 2.53 bits per heavy atom. The van der Waals surface area contributed by atoms with Gasteiger partial charge < -0.3 is 19.6 Å². The molecule has 30 heavy (non-hydrogen) atoms. The molecule has 0 aliphatic carbocycles. The number of aliphatic carboxylic acids is 1. The standard InChI is InChI=1S/C22H31N3O5/c1-4-30-18-8-6-5-7-16(18)20(28)24-11-9-22(10-12-24)23-17(13-15(2)3)21(29)25(22)14-19(26)27/h5-8,15,17,23H,4,9-14H2,1-3H3,(H,26,27). The highest BCUT2D eigenvalue weighted by Gasteiger charge is 2.52. The molecule has 1 aromatic rings. The van der Waals surface area contributed by atoms with Crippen molar-refractivity contribution in [3.63, 3.8) is 0 Å². The van der Waals surface area contributed by atoms with E-state index in [4.69, 9.17) is 4.74 Å². The van der Waals surface area contributed by atoms with E-state index in [9.17, 15) is 19.5 Å². The molecule has 2 fully saturated rings. The second kappa shape index (κ2) is 9.04. The molecule has 2 aliphatic rings. The number of rotatable bonds is 7. The lowest BCUT2D eigenvalue weighted by molar-refractivity contribution is -0.147. The fourth-order valence-corrected chi connectivity index (χ4v) is 4.45. The zero-order valence-corrected chi connectivity index (χ0v) is 17.9. The number of benzene rings is 1. The number of piperidine rings is 1. The molecule has 1 atom stereocenters. The fourth-order valence-electron chi connectivity index (χ4n) is 4.45. The quantitative estimate of drug-likeness (QED) is 0.704. The normalized spacial score (nSPS) is 20.8. The molecule has 2 saturated heterocycles. The van der Waals surface area contributed by atoms with Crippen molar-refractivity contribution in [2.24, 2.45) is 5.92 Å². The highest BCUT2D eigenvalue weighted by Crippen LogP contribution is 2.34. The lowest BCUT2D eigenvalue weighted by Gasteiger charge is -2.44. The predicted molar refractivity (Wildman–Crippen MR) is 111 cm³/mol. The molecule has 2 aliphatic heterocycles. The Balaban J connectivity index is 1.75. The third kappa shape index (κ3) is 4.43. The summed E-state index contributed by atoms with van der Waals surface area (Å²) < 4.78 is 5.59.